The zero-order chi connectivity index (χ0) is 18.0. The molecule has 0 bridgehead atoms. The van der Waals surface area contributed by atoms with Gasteiger partial charge in [-0.1, -0.05) is 6.07 Å². The maximum atomic E-state index is 13.5. The quantitative estimate of drug-likeness (QED) is 0.705. The summed E-state index contributed by atoms with van der Waals surface area (Å²) in [7, 11) is 0. The molecule has 0 aliphatic rings. The maximum absolute atomic E-state index is 13.5. The van der Waals surface area contributed by atoms with Crippen LogP contribution in [-0.4, -0.2) is 21.8 Å². The van der Waals surface area contributed by atoms with Gasteiger partial charge in [-0.3, -0.25) is 9.20 Å². The first-order valence-electron chi connectivity index (χ1n) is 7.79. The van der Waals surface area contributed by atoms with Gasteiger partial charge in [-0.2, -0.15) is 0 Å². The molecule has 0 unspecified atom stereocenters. The van der Waals surface area contributed by atoms with Gasteiger partial charge in [-0.15, -0.1) is 11.3 Å². The number of halogens is 2. The topological polar surface area (TPSA) is 46.4 Å². The van der Waals surface area contributed by atoms with Crippen molar-refractivity contribution in [1.29, 1.82) is 0 Å². The van der Waals surface area contributed by atoms with Crippen LogP contribution in [0.2, 0.25) is 0 Å². The van der Waals surface area contributed by atoms with Crippen LogP contribution in [0.5, 0.6) is 0 Å². The Morgan fingerprint density at radius 3 is 2.76 bits per heavy atom. The number of amides is 1. The predicted octanol–water partition coefficient (Wildman–Crippen LogP) is 3.66. The number of carbonyl (C=O) groups excluding carboxylic acids is 1. The normalized spacial score (nSPS) is 11.5. The number of nitrogens with zero attached hydrogens (tertiary/aromatic N) is 2. The van der Waals surface area contributed by atoms with Gasteiger partial charge in [-0.25, -0.2) is 13.8 Å². The van der Waals surface area contributed by atoms with E-state index >= 15 is 0 Å². The summed E-state index contributed by atoms with van der Waals surface area (Å²) in [6.07, 6.45) is 5.16. The zero-order valence-corrected chi connectivity index (χ0v) is 14.7. The molecule has 3 rings (SSSR count). The van der Waals surface area contributed by atoms with Gasteiger partial charge in [0.1, 0.15) is 11.6 Å². The SMILES string of the molecule is Cc1cn2c(/C=C/C(=O)NCCc3c(F)cccc3F)c(C)nc2s1. The lowest BCUT2D eigenvalue weighted by atomic mass is 10.1. The van der Waals surface area contributed by atoms with Gasteiger partial charge in [0, 0.05) is 29.3 Å². The van der Waals surface area contributed by atoms with Crippen molar-refractivity contribution < 1.29 is 13.6 Å². The molecule has 0 aliphatic heterocycles. The molecular weight excluding hydrogens is 344 g/mol. The maximum Gasteiger partial charge on any atom is 0.244 e. The first-order chi connectivity index (χ1) is 12.0. The predicted molar refractivity (Wildman–Crippen MR) is 94.6 cm³/mol. The molecular formula is C18H17F2N3OS. The minimum atomic E-state index is -0.602. The summed E-state index contributed by atoms with van der Waals surface area (Å²) >= 11 is 1.58. The minimum absolute atomic E-state index is 0.0196. The fourth-order valence-electron chi connectivity index (χ4n) is 2.58. The average Bonchev–Trinajstić information content (AvgIpc) is 3.03. The molecule has 2 aromatic heterocycles. The minimum Gasteiger partial charge on any atom is -0.352 e. The zero-order valence-electron chi connectivity index (χ0n) is 13.8. The number of aryl methyl sites for hydroxylation is 2. The van der Waals surface area contributed by atoms with E-state index < -0.39 is 11.6 Å². The van der Waals surface area contributed by atoms with Crippen molar-refractivity contribution in [3.63, 3.8) is 0 Å². The Morgan fingerprint density at radius 1 is 1.32 bits per heavy atom. The van der Waals surface area contributed by atoms with Crippen LogP contribution in [0.25, 0.3) is 11.0 Å². The highest BCUT2D eigenvalue weighted by Gasteiger charge is 2.10. The summed E-state index contributed by atoms with van der Waals surface area (Å²) in [5, 5.41) is 2.63. The highest BCUT2D eigenvalue weighted by Crippen LogP contribution is 2.21. The number of carbonyl (C=O) groups is 1. The summed E-state index contributed by atoms with van der Waals surface area (Å²) in [4.78, 5) is 18.4. The van der Waals surface area contributed by atoms with E-state index in [-0.39, 0.29) is 24.4 Å². The summed E-state index contributed by atoms with van der Waals surface area (Å²) in [6, 6.07) is 3.73. The third-order valence-corrected chi connectivity index (χ3v) is 4.69. The van der Waals surface area contributed by atoms with Crippen molar-refractivity contribution in [3.8, 4) is 0 Å². The Bertz CT molecular complexity index is 939. The lowest BCUT2D eigenvalue weighted by Gasteiger charge is -2.05. The van der Waals surface area contributed by atoms with Crippen LogP contribution in [0.3, 0.4) is 0 Å². The molecule has 7 heteroatoms. The average molecular weight is 361 g/mol. The Hall–Kier alpha value is -2.54. The number of hydrogen-bond acceptors (Lipinski definition) is 3. The lowest BCUT2D eigenvalue weighted by molar-refractivity contribution is -0.116. The molecule has 0 spiro atoms. The second-order valence-electron chi connectivity index (χ2n) is 5.65. The molecule has 3 aromatic rings. The molecule has 130 valence electrons. The molecule has 0 saturated heterocycles. The van der Waals surface area contributed by atoms with Crippen molar-refractivity contribution in [1.82, 2.24) is 14.7 Å². The highest BCUT2D eigenvalue weighted by atomic mass is 32.1. The first-order valence-corrected chi connectivity index (χ1v) is 8.61. The fourth-order valence-corrected chi connectivity index (χ4v) is 3.46. The Balaban J connectivity index is 1.62. The second kappa shape index (κ2) is 7.14. The van der Waals surface area contributed by atoms with Gasteiger partial charge in [0.05, 0.1) is 11.4 Å². The molecule has 0 radical (unpaired) electrons. The molecule has 1 amide bonds. The van der Waals surface area contributed by atoms with E-state index in [4.69, 9.17) is 0 Å². The summed E-state index contributed by atoms with van der Waals surface area (Å²) < 4.78 is 29.0. The van der Waals surface area contributed by atoms with E-state index in [1.54, 1.807) is 17.4 Å². The molecule has 4 nitrogen and oxygen atoms in total. The molecule has 1 aromatic carbocycles. The van der Waals surface area contributed by atoms with Crippen molar-refractivity contribution in [2.45, 2.75) is 20.3 Å². The summed E-state index contributed by atoms with van der Waals surface area (Å²) in [5.41, 5.74) is 1.66. The Morgan fingerprint density at radius 2 is 2.04 bits per heavy atom. The van der Waals surface area contributed by atoms with E-state index in [1.165, 1.54) is 24.3 Å². The van der Waals surface area contributed by atoms with Crippen LogP contribution in [0.1, 0.15) is 21.8 Å². The lowest BCUT2D eigenvalue weighted by Crippen LogP contribution is -2.24. The van der Waals surface area contributed by atoms with E-state index in [9.17, 15) is 13.6 Å². The standard InChI is InChI=1S/C18H17F2N3OS/c1-11-10-23-16(12(2)22-18(23)25-11)6-7-17(24)21-9-8-13-14(19)4-3-5-15(13)20/h3-7,10H,8-9H2,1-2H3,(H,21,24)/b7-6+. The number of aromatic nitrogens is 2. The highest BCUT2D eigenvalue weighted by molar-refractivity contribution is 7.17. The third-order valence-electron chi connectivity index (χ3n) is 3.79. The summed E-state index contributed by atoms with van der Waals surface area (Å²) in [6.45, 7) is 4.03. The van der Waals surface area contributed by atoms with Crippen LogP contribution in [0, 0.1) is 25.5 Å². The molecule has 2 heterocycles. The van der Waals surface area contributed by atoms with Crippen LogP contribution in [0.4, 0.5) is 8.78 Å². The van der Waals surface area contributed by atoms with E-state index in [2.05, 4.69) is 10.3 Å². The van der Waals surface area contributed by atoms with Crippen LogP contribution in [0.15, 0.2) is 30.5 Å². The van der Waals surface area contributed by atoms with E-state index in [0.29, 0.717) is 0 Å². The molecule has 0 saturated carbocycles. The number of rotatable bonds is 5. The van der Waals surface area contributed by atoms with E-state index in [1.807, 2.05) is 24.4 Å². The van der Waals surface area contributed by atoms with Gasteiger partial charge in [-0.05, 0) is 38.5 Å². The van der Waals surface area contributed by atoms with Crippen molar-refractivity contribution in [2.75, 3.05) is 6.54 Å². The van der Waals surface area contributed by atoms with Crippen LogP contribution >= 0.6 is 11.3 Å². The summed E-state index contributed by atoms with van der Waals surface area (Å²) in [5.74, 6) is -1.53. The van der Waals surface area contributed by atoms with Crippen LogP contribution in [-0.2, 0) is 11.2 Å². The van der Waals surface area contributed by atoms with E-state index in [0.717, 1.165) is 21.2 Å². The smallest absolute Gasteiger partial charge is 0.244 e. The van der Waals surface area contributed by atoms with Crippen LogP contribution < -0.4 is 5.32 Å². The largest absolute Gasteiger partial charge is 0.352 e. The van der Waals surface area contributed by atoms with Crippen molar-refractivity contribution in [3.05, 3.63) is 63.9 Å². The van der Waals surface area contributed by atoms with Gasteiger partial charge in [0.25, 0.3) is 0 Å². The molecule has 0 atom stereocenters. The second-order valence-corrected chi connectivity index (χ2v) is 6.86. The number of thiazole rings is 1. The first kappa shape index (κ1) is 17.3. The number of hydrogen-bond donors (Lipinski definition) is 1. The van der Waals surface area contributed by atoms with Crippen molar-refractivity contribution >= 4 is 28.3 Å². The van der Waals surface area contributed by atoms with Gasteiger partial charge >= 0.3 is 0 Å². The molecule has 0 fully saturated rings. The number of imidazole rings is 1. The Kier molecular flexibility index (Phi) is 4.94. The van der Waals surface area contributed by atoms with Crippen molar-refractivity contribution in [2.24, 2.45) is 0 Å². The van der Waals surface area contributed by atoms with Gasteiger partial charge < -0.3 is 5.32 Å². The Labute approximate surface area is 147 Å². The number of nitrogens with one attached hydrogen (secondary N) is 1. The number of fused-ring (bicyclic) bond motifs is 1. The molecule has 1 N–H and O–H groups in total. The number of benzene rings is 1. The molecule has 25 heavy (non-hydrogen) atoms. The fraction of sp³-hybridized carbons (Fsp3) is 0.222. The van der Waals surface area contributed by atoms with Gasteiger partial charge in [0.15, 0.2) is 4.96 Å². The molecule has 0 aliphatic carbocycles. The van der Waals surface area contributed by atoms with Gasteiger partial charge in [0.2, 0.25) is 5.91 Å². The third kappa shape index (κ3) is 3.76. The monoisotopic (exact) mass is 361 g/mol.